The van der Waals surface area contributed by atoms with Crippen molar-refractivity contribution in [2.75, 3.05) is 23.7 Å². The first-order chi connectivity index (χ1) is 13.3. The predicted octanol–water partition coefficient (Wildman–Crippen LogP) is 2.95. The molecule has 7 heteroatoms. The van der Waals surface area contributed by atoms with Gasteiger partial charge >= 0.3 is 5.97 Å². The van der Waals surface area contributed by atoms with Gasteiger partial charge in [-0.3, -0.25) is 14.4 Å². The van der Waals surface area contributed by atoms with E-state index in [-0.39, 0.29) is 24.8 Å². The first-order valence-electron chi connectivity index (χ1n) is 9.06. The maximum absolute atomic E-state index is 12.1. The van der Waals surface area contributed by atoms with Crippen LogP contribution in [-0.4, -0.2) is 36.0 Å². The Labute approximate surface area is 164 Å². The van der Waals surface area contributed by atoms with Crippen LogP contribution in [0.5, 0.6) is 0 Å². The summed E-state index contributed by atoms with van der Waals surface area (Å²) in [7, 11) is 0. The fraction of sp³-hybridized carbons (Fsp3) is 0.286. The van der Waals surface area contributed by atoms with E-state index in [1.807, 2.05) is 32.0 Å². The van der Waals surface area contributed by atoms with E-state index in [2.05, 4.69) is 16.0 Å². The number of rotatable bonds is 9. The van der Waals surface area contributed by atoms with Crippen LogP contribution in [-0.2, 0) is 9.59 Å². The summed E-state index contributed by atoms with van der Waals surface area (Å²) in [6.45, 7) is 4.44. The van der Waals surface area contributed by atoms with Crippen LogP contribution in [0.1, 0.15) is 34.3 Å². The minimum atomic E-state index is -0.888. The average Bonchev–Trinajstić information content (AvgIpc) is 2.65. The molecule has 0 aromatic heterocycles. The molecular weight excluding hydrogens is 358 g/mol. The number of carboxylic acids is 1. The average molecular weight is 383 g/mol. The molecule has 2 amide bonds. The van der Waals surface area contributed by atoms with Crippen molar-refractivity contribution in [3.8, 4) is 0 Å². The number of nitrogens with one attached hydrogen (secondary N) is 3. The van der Waals surface area contributed by atoms with E-state index in [4.69, 9.17) is 5.11 Å². The molecule has 2 rings (SSSR count). The molecule has 4 N–H and O–H groups in total. The van der Waals surface area contributed by atoms with Gasteiger partial charge in [0.25, 0.3) is 5.91 Å². The molecular formula is C21H25N3O4. The van der Waals surface area contributed by atoms with Gasteiger partial charge in [-0.05, 0) is 56.2 Å². The highest BCUT2D eigenvalue weighted by Crippen LogP contribution is 2.16. The Morgan fingerprint density at radius 1 is 1.00 bits per heavy atom. The molecule has 0 spiro atoms. The molecule has 28 heavy (non-hydrogen) atoms. The van der Waals surface area contributed by atoms with E-state index < -0.39 is 5.97 Å². The van der Waals surface area contributed by atoms with Crippen LogP contribution in [0.2, 0.25) is 0 Å². The summed E-state index contributed by atoms with van der Waals surface area (Å²) < 4.78 is 0. The van der Waals surface area contributed by atoms with Crippen LogP contribution in [0.4, 0.5) is 11.4 Å². The van der Waals surface area contributed by atoms with Gasteiger partial charge in [0.2, 0.25) is 5.91 Å². The number of carboxylic acid groups (broad SMARTS) is 1. The monoisotopic (exact) mass is 383 g/mol. The summed E-state index contributed by atoms with van der Waals surface area (Å²) in [5.74, 6) is -1.35. The zero-order chi connectivity index (χ0) is 20.5. The highest BCUT2D eigenvalue weighted by molar-refractivity contribution is 5.96. The molecule has 0 saturated carbocycles. The fourth-order valence-corrected chi connectivity index (χ4v) is 2.64. The van der Waals surface area contributed by atoms with Crippen molar-refractivity contribution in [2.45, 2.75) is 26.7 Å². The van der Waals surface area contributed by atoms with Crippen molar-refractivity contribution < 1.29 is 19.5 Å². The van der Waals surface area contributed by atoms with Crippen molar-refractivity contribution in [1.82, 2.24) is 5.32 Å². The second kappa shape index (κ2) is 10.1. The van der Waals surface area contributed by atoms with Crippen molar-refractivity contribution in [1.29, 1.82) is 0 Å². The van der Waals surface area contributed by atoms with Gasteiger partial charge in [-0.15, -0.1) is 0 Å². The number of aryl methyl sites for hydroxylation is 2. The lowest BCUT2D eigenvalue weighted by Gasteiger charge is -2.11. The highest BCUT2D eigenvalue weighted by Gasteiger charge is 2.07. The molecule has 7 nitrogen and oxygen atoms in total. The second-order valence-corrected chi connectivity index (χ2v) is 6.55. The third-order valence-electron chi connectivity index (χ3n) is 4.11. The number of aliphatic carboxylic acids is 1. The first-order valence-corrected chi connectivity index (χ1v) is 9.06. The summed E-state index contributed by atoms with van der Waals surface area (Å²) in [6.07, 6.45) is 0.393. The zero-order valence-corrected chi connectivity index (χ0v) is 16.0. The molecule has 0 radical (unpaired) electrons. The number of benzene rings is 2. The van der Waals surface area contributed by atoms with E-state index in [9.17, 15) is 14.4 Å². The van der Waals surface area contributed by atoms with Crippen LogP contribution in [0.15, 0.2) is 42.5 Å². The molecule has 148 valence electrons. The molecule has 0 saturated heterocycles. The standard InChI is InChI=1S/C21H25N3O4/c1-14-5-10-18(15(2)12-14)23-13-19(25)24-17-8-6-16(7-9-17)21(28)22-11-3-4-20(26)27/h5-10,12,23H,3-4,11,13H2,1-2H3,(H,22,28)(H,24,25)(H,26,27). The Balaban J connectivity index is 1.80. The number of hydrogen-bond donors (Lipinski definition) is 4. The minimum Gasteiger partial charge on any atom is -0.481 e. The molecule has 0 unspecified atom stereocenters. The van der Waals surface area contributed by atoms with Crippen LogP contribution >= 0.6 is 0 Å². The van der Waals surface area contributed by atoms with Crippen molar-refractivity contribution in [3.63, 3.8) is 0 Å². The molecule has 0 heterocycles. The van der Waals surface area contributed by atoms with Crippen LogP contribution in [0, 0.1) is 13.8 Å². The van der Waals surface area contributed by atoms with Crippen LogP contribution in [0.3, 0.4) is 0 Å². The van der Waals surface area contributed by atoms with Gasteiger partial charge in [0.1, 0.15) is 0 Å². The van der Waals surface area contributed by atoms with Gasteiger partial charge in [0.05, 0.1) is 6.54 Å². The van der Waals surface area contributed by atoms with E-state index >= 15 is 0 Å². The lowest BCUT2D eigenvalue weighted by molar-refractivity contribution is -0.137. The topological polar surface area (TPSA) is 108 Å². The number of carbonyl (C=O) groups excluding carboxylic acids is 2. The van der Waals surface area contributed by atoms with E-state index in [1.165, 1.54) is 5.56 Å². The highest BCUT2D eigenvalue weighted by atomic mass is 16.4. The molecule has 2 aromatic carbocycles. The maximum Gasteiger partial charge on any atom is 0.303 e. The summed E-state index contributed by atoms with van der Waals surface area (Å²) in [6, 6.07) is 12.5. The Morgan fingerprint density at radius 3 is 2.36 bits per heavy atom. The Kier molecular flexibility index (Phi) is 7.56. The molecule has 0 aliphatic rings. The molecule has 0 aliphatic heterocycles. The molecule has 0 atom stereocenters. The van der Waals surface area contributed by atoms with Crippen molar-refractivity contribution in [2.24, 2.45) is 0 Å². The van der Waals surface area contributed by atoms with Gasteiger partial charge in [-0.1, -0.05) is 17.7 Å². The van der Waals surface area contributed by atoms with Crippen LogP contribution in [0.25, 0.3) is 0 Å². The lowest BCUT2D eigenvalue weighted by Crippen LogP contribution is -2.25. The van der Waals surface area contributed by atoms with Gasteiger partial charge in [0, 0.05) is 29.9 Å². The molecule has 2 aromatic rings. The Bertz CT molecular complexity index is 847. The van der Waals surface area contributed by atoms with Gasteiger partial charge < -0.3 is 21.1 Å². The van der Waals surface area contributed by atoms with E-state index in [1.54, 1.807) is 24.3 Å². The smallest absolute Gasteiger partial charge is 0.303 e. The second-order valence-electron chi connectivity index (χ2n) is 6.55. The number of amides is 2. The summed E-state index contributed by atoms with van der Waals surface area (Å²) >= 11 is 0. The van der Waals surface area contributed by atoms with Crippen molar-refractivity contribution in [3.05, 3.63) is 59.2 Å². The third-order valence-corrected chi connectivity index (χ3v) is 4.11. The number of anilines is 2. The third kappa shape index (κ3) is 6.75. The van der Waals surface area contributed by atoms with E-state index in [0.29, 0.717) is 24.2 Å². The normalized spacial score (nSPS) is 10.2. The van der Waals surface area contributed by atoms with Gasteiger partial charge in [0.15, 0.2) is 0 Å². The van der Waals surface area contributed by atoms with Gasteiger partial charge in [-0.25, -0.2) is 0 Å². The molecule has 0 aliphatic carbocycles. The largest absolute Gasteiger partial charge is 0.481 e. The fourth-order valence-electron chi connectivity index (χ4n) is 2.64. The number of carbonyl (C=O) groups is 3. The molecule has 0 fully saturated rings. The zero-order valence-electron chi connectivity index (χ0n) is 16.0. The lowest BCUT2D eigenvalue weighted by atomic mass is 10.1. The SMILES string of the molecule is Cc1ccc(NCC(=O)Nc2ccc(C(=O)NCCCC(=O)O)cc2)c(C)c1. The number of hydrogen-bond acceptors (Lipinski definition) is 4. The van der Waals surface area contributed by atoms with Gasteiger partial charge in [-0.2, -0.15) is 0 Å². The predicted molar refractivity (Wildman–Crippen MR) is 109 cm³/mol. The van der Waals surface area contributed by atoms with Crippen molar-refractivity contribution >= 4 is 29.2 Å². The maximum atomic E-state index is 12.1. The minimum absolute atomic E-state index is 0.0153. The summed E-state index contributed by atoms with van der Waals surface area (Å²) in [5.41, 5.74) is 4.19. The van der Waals surface area contributed by atoms with E-state index in [0.717, 1.165) is 11.3 Å². The Hall–Kier alpha value is -3.35. The first kappa shape index (κ1) is 21.0. The summed E-state index contributed by atoms with van der Waals surface area (Å²) in [5, 5.41) is 17.1. The Morgan fingerprint density at radius 2 is 1.71 bits per heavy atom. The van der Waals surface area contributed by atoms with Crippen LogP contribution < -0.4 is 16.0 Å². The quantitative estimate of drug-likeness (QED) is 0.498. The molecule has 0 bridgehead atoms. The summed E-state index contributed by atoms with van der Waals surface area (Å²) in [4.78, 5) is 34.5.